The van der Waals surface area contributed by atoms with E-state index in [4.69, 9.17) is 19.1 Å². The largest absolute Gasteiger partial charge is 0.472 e. The highest BCUT2D eigenvalue weighted by molar-refractivity contribution is 7.47. The molecule has 0 amide bonds. The molecule has 12 heteroatoms. The quantitative estimate of drug-likeness (QED) is 0.0180. The van der Waals surface area contributed by atoms with Crippen molar-refractivity contribution in [2.24, 2.45) is 5.92 Å². The Balaban J connectivity index is 4.38. The van der Waals surface area contributed by atoms with E-state index in [2.05, 4.69) is 31.4 Å². The molecular weight excluding hydrogens is 699 g/mol. The standard InChI is InChI=1S/C41H75O11P/c1-4-5-22-28-37(43)29-24-19-15-11-9-13-16-20-25-30-40(45)49-34-39(35-51-53(47,48)50-33-38(44)32-42)52-41(46)31-26-21-17-12-8-6-7-10-14-18-23-27-36(2)3/h15,19,24,29,36,38-39,42,44H,4-14,16-18,20-23,25-28,30-35H2,1-3H3,(H,47,48)/b19-15-,29-24+/t38-,39+/m0/s1. The van der Waals surface area contributed by atoms with E-state index in [1.807, 2.05) is 6.08 Å². The van der Waals surface area contributed by atoms with Crippen LogP contribution in [0.2, 0.25) is 0 Å². The third kappa shape index (κ3) is 36.8. The van der Waals surface area contributed by atoms with E-state index in [0.29, 0.717) is 19.3 Å². The predicted molar refractivity (Wildman–Crippen MR) is 210 cm³/mol. The Morgan fingerprint density at radius 3 is 1.77 bits per heavy atom. The zero-order valence-electron chi connectivity index (χ0n) is 33.4. The van der Waals surface area contributed by atoms with Crippen LogP contribution in [-0.4, -0.2) is 71.5 Å². The lowest BCUT2D eigenvalue weighted by Crippen LogP contribution is -2.29. The van der Waals surface area contributed by atoms with Gasteiger partial charge in [0.25, 0.3) is 0 Å². The molecule has 0 heterocycles. The lowest BCUT2D eigenvalue weighted by molar-refractivity contribution is -0.161. The fraction of sp³-hybridized carbons (Fsp3) is 0.829. The van der Waals surface area contributed by atoms with Gasteiger partial charge in [-0.3, -0.25) is 23.4 Å². The monoisotopic (exact) mass is 775 g/mol. The summed E-state index contributed by atoms with van der Waals surface area (Å²) in [4.78, 5) is 46.6. The summed E-state index contributed by atoms with van der Waals surface area (Å²) in [6.45, 7) is 4.48. The highest BCUT2D eigenvalue weighted by Gasteiger charge is 2.27. The van der Waals surface area contributed by atoms with Crippen molar-refractivity contribution in [1.82, 2.24) is 0 Å². The van der Waals surface area contributed by atoms with Gasteiger partial charge in [0, 0.05) is 19.3 Å². The predicted octanol–water partition coefficient (Wildman–Crippen LogP) is 9.65. The molecule has 0 aromatic rings. The second kappa shape index (κ2) is 35.8. The normalized spacial score (nSPS) is 14.2. The van der Waals surface area contributed by atoms with E-state index >= 15 is 0 Å². The molecule has 3 atom stereocenters. The molecule has 0 saturated heterocycles. The van der Waals surface area contributed by atoms with Gasteiger partial charge in [-0.15, -0.1) is 0 Å². The summed E-state index contributed by atoms with van der Waals surface area (Å²) in [5, 5.41) is 18.3. The molecule has 0 aliphatic heterocycles. The maximum Gasteiger partial charge on any atom is 0.472 e. The molecule has 53 heavy (non-hydrogen) atoms. The van der Waals surface area contributed by atoms with Crippen molar-refractivity contribution >= 4 is 25.5 Å². The lowest BCUT2D eigenvalue weighted by Gasteiger charge is -2.20. The first-order valence-electron chi connectivity index (χ1n) is 20.6. The summed E-state index contributed by atoms with van der Waals surface area (Å²) in [6.07, 6.45) is 28.5. The Morgan fingerprint density at radius 2 is 1.19 bits per heavy atom. The molecular formula is C41H75O11P. The highest BCUT2D eigenvalue weighted by Crippen LogP contribution is 2.43. The molecule has 1 unspecified atom stereocenters. The number of phosphoric acid groups is 1. The van der Waals surface area contributed by atoms with Crippen LogP contribution in [0.15, 0.2) is 24.3 Å². The van der Waals surface area contributed by atoms with Crippen LogP contribution in [-0.2, 0) is 37.5 Å². The molecule has 11 nitrogen and oxygen atoms in total. The second-order valence-electron chi connectivity index (χ2n) is 14.5. The number of hydrogen-bond donors (Lipinski definition) is 3. The Bertz CT molecular complexity index is 1010. The maximum absolute atomic E-state index is 12.6. The van der Waals surface area contributed by atoms with Gasteiger partial charge in [-0.05, 0) is 44.1 Å². The zero-order valence-corrected chi connectivity index (χ0v) is 34.3. The number of esters is 2. The molecule has 0 spiro atoms. The topological polar surface area (TPSA) is 166 Å². The van der Waals surface area contributed by atoms with Crippen LogP contribution in [0.4, 0.5) is 0 Å². The average Bonchev–Trinajstić information content (AvgIpc) is 3.12. The van der Waals surface area contributed by atoms with E-state index in [1.165, 1.54) is 51.4 Å². The van der Waals surface area contributed by atoms with E-state index < -0.39 is 51.8 Å². The van der Waals surface area contributed by atoms with Gasteiger partial charge in [0.1, 0.15) is 12.7 Å². The van der Waals surface area contributed by atoms with E-state index in [0.717, 1.165) is 76.5 Å². The number of phosphoric ester groups is 1. The Morgan fingerprint density at radius 1 is 0.660 bits per heavy atom. The van der Waals surface area contributed by atoms with Crippen LogP contribution in [0.25, 0.3) is 0 Å². The fourth-order valence-corrected chi connectivity index (χ4v) is 6.30. The van der Waals surface area contributed by atoms with Crippen molar-refractivity contribution in [2.75, 3.05) is 26.4 Å². The summed E-state index contributed by atoms with van der Waals surface area (Å²) in [5.41, 5.74) is 0. The number of ketones is 1. The fourth-order valence-electron chi connectivity index (χ4n) is 5.51. The summed E-state index contributed by atoms with van der Waals surface area (Å²) >= 11 is 0. The molecule has 3 N–H and O–H groups in total. The van der Waals surface area contributed by atoms with Gasteiger partial charge in [0.15, 0.2) is 11.9 Å². The summed E-state index contributed by atoms with van der Waals surface area (Å²) in [5.74, 6) is -0.0265. The van der Waals surface area contributed by atoms with Crippen LogP contribution < -0.4 is 0 Å². The minimum absolute atomic E-state index is 0.166. The average molecular weight is 775 g/mol. The molecule has 0 aliphatic rings. The van der Waals surface area contributed by atoms with Crippen LogP contribution in [0.1, 0.15) is 175 Å². The van der Waals surface area contributed by atoms with Crippen LogP contribution in [0.5, 0.6) is 0 Å². The second-order valence-corrected chi connectivity index (χ2v) is 16.0. The van der Waals surface area contributed by atoms with E-state index in [-0.39, 0.29) is 25.2 Å². The van der Waals surface area contributed by atoms with Crippen molar-refractivity contribution in [3.63, 3.8) is 0 Å². The Kier molecular flexibility index (Phi) is 34.5. The molecule has 0 bridgehead atoms. The molecule has 0 aromatic heterocycles. The molecule has 0 fully saturated rings. The number of unbranched alkanes of at least 4 members (excludes halogenated alkanes) is 17. The van der Waals surface area contributed by atoms with Gasteiger partial charge in [-0.2, -0.15) is 0 Å². The molecule has 310 valence electrons. The van der Waals surface area contributed by atoms with Crippen molar-refractivity contribution in [1.29, 1.82) is 0 Å². The van der Waals surface area contributed by atoms with Crippen LogP contribution >= 0.6 is 7.82 Å². The number of aliphatic hydroxyl groups is 2. The molecule has 0 rings (SSSR count). The van der Waals surface area contributed by atoms with Gasteiger partial charge in [0.05, 0.1) is 19.8 Å². The zero-order chi connectivity index (χ0) is 39.4. The van der Waals surface area contributed by atoms with E-state index in [1.54, 1.807) is 12.2 Å². The van der Waals surface area contributed by atoms with Gasteiger partial charge < -0.3 is 24.6 Å². The van der Waals surface area contributed by atoms with Gasteiger partial charge in [-0.1, -0.05) is 142 Å². The van der Waals surface area contributed by atoms with Crippen molar-refractivity contribution in [3.05, 3.63) is 24.3 Å². The summed E-state index contributed by atoms with van der Waals surface area (Å²) in [7, 11) is -4.63. The van der Waals surface area contributed by atoms with Gasteiger partial charge >= 0.3 is 19.8 Å². The third-order valence-electron chi connectivity index (χ3n) is 8.76. The maximum atomic E-state index is 12.6. The number of allylic oxidation sites excluding steroid dienone is 4. The van der Waals surface area contributed by atoms with E-state index in [9.17, 15) is 28.9 Å². The first kappa shape index (κ1) is 51.1. The number of carbonyl (C=O) groups is 3. The first-order chi connectivity index (χ1) is 25.5. The van der Waals surface area contributed by atoms with Gasteiger partial charge in [-0.25, -0.2) is 4.57 Å². The lowest BCUT2D eigenvalue weighted by atomic mass is 10.0. The number of rotatable bonds is 38. The first-order valence-corrected chi connectivity index (χ1v) is 22.1. The van der Waals surface area contributed by atoms with Gasteiger partial charge in [0.2, 0.25) is 0 Å². The van der Waals surface area contributed by atoms with Crippen LogP contribution in [0, 0.1) is 5.92 Å². The number of hydrogen-bond acceptors (Lipinski definition) is 10. The smallest absolute Gasteiger partial charge is 0.462 e. The minimum atomic E-state index is -4.63. The molecule has 0 aliphatic carbocycles. The van der Waals surface area contributed by atoms with Crippen LogP contribution in [0.3, 0.4) is 0 Å². The Hall–Kier alpha value is -1.88. The third-order valence-corrected chi connectivity index (χ3v) is 9.71. The molecule has 0 aromatic carbocycles. The molecule has 0 radical (unpaired) electrons. The Labute approximate surface area is 321 Å². The summed E-state index contributed by atoms with van der Waals surface area (Å²) < 4.78 is 32.6. The molecule has 0 saturated carbocycles. The van der Waals surface area contributed by atoms with Crippen molar-refractivity contribution < 1.29 is 52.6 Å². The summed E-state index contributed by atoms with van der Waals surface area (Å²) in [6, 6.07) is 0. The minimum Gasteiger partial charge on any atom is -0.462 e. The van der Waals surface area contributed by atoms with Crippen molar-refractivity contribution in [2.45, 2.75) is 187 Å². The number of aliphatic hydroxyl groups excluding tert-OH is 2. The van der Waals surface area contributed by atoms with Crippen molar-refractivity contribution in [3.8, 4) is 0 Å². The SMILES string of the molecule is CCCCCC(=O)/C=C/C=C\CCCCCCCC(=O)OC[C@H](COP(=O)(O)OC[C@@H](O)CO)OC(=O)CCCCCCCCCCCCCC(C)C. The number of ether oxygens (including phenoxy) is 2. The number of carbonyl (C=O) groups excluding carboxylic acids is 3. The highest BCUT2D eigenvalue weighted by atomic mass is 31.2.